The molecule has 1 aliphatic rings. The number of nitrogens with one attached hydrogen (secondary N) is 1. The minimum atomic E-state index is -3.47. The fourth-order valence-electron chi connectivity index (χ4n) is 2.37. The van der Waals surface area contributed by atoms with Crippen molar-refractivity contribution in [3.8, 4) is 0 Å². The topological polar surface area (TPSA) is 67.2 Å². The fraction of sp³-hybridized carbons (Fsp3) is 0.750. The van der Waals surface area contributed by atoms with Gasteiger partial charge in [-0.2, -0.15) is 4.31 Å². The molecule has 1 N–H and O–H groups in total. The maximum atomic E-state index is 12.6. The first-order valence-electron chi connectivity index (χ1n) is 6.73. The highest BCUT2D eigenvalue weighted by atomic mass is 32.2. The number of nitrogens with zero attached hydrogens (tertiary/aromatic N) is 3. The van der Waals surface area contributed by atoms with Crippen LogP contribution >= 0.6 is 0 Å². The summed E-state index contributed by atoms with van der Waals surface area (Å²) >= 11 is 0. The van der Waals surface area contributed by atoms with E-state index in [1.54, 1.807) is 10.5 Å². The van der Waals surface area contributed by atoms with E-state index in [2.05, 4.69) is 17.2 Å². The summed E-state index contributed by atoms with van der Waals surface area (Å²) in [5.74, 6) is 0.753. The normalized spacial score (nSPS) is 21.7. The van der Waals surface area contributed by atoms with Gasteiger partial charge in [0, 0.05) is 38.4 Å². The molecule has 0 radical (unpaired) electrons. The van der Waals surface area contributed by atoms with E-state index in [-0.39, 0.29) is 11.1 Å². The molecular formula is C12H22N4O2S. The molecule has 1 fully saturated rings. The number of hydrogen-bond acceptors (Lipinski definition) is 4. The summed E-state index contributed by atoms with van der Waals surface area (Å²) in [4.78, 5) is 4.22. The average molecular weight is 286 g/mol. The number of imidazole rings is 1. The standard InChI is InChI=1S/C12H22N4O2S/c1-4-6-15-9-12(14-11(15)3)19(17,18)16-7-5-13-8-10(16)2/h9-10,13H,4-8H2,1-3H3/t10-/m0/s1. The Bertz CT molecular complexity index is 538. The van der Waals surface area contributed by atoms with Crippen molar-refractivity contribution in [2.24, 2.45) is 0 Å². The highest BCUT2D eigenvalue weighted by Crippen LogP contribution is 2.19. The van der Waals surface area contributed by atoms with Crippen LogP contribution in [-0.2, 0) is 16.6 Å². The Kier molecular flexibility index (Phi) is 4.27. The van der Waals surface area contributed by atoms with E-state index >= 15 is 0 Å². The lowest BCUT2D eigenvalue weighted by Crippen LogP contribution is -2.52. The van der Waals surface area contributed by atoms with Gasteiger partial charge in [0.25, 0.3) is 10.0 Å². The Labute approximate surface area is 114 Å². The zero-order valence-electron chi connectivity index (χ0n) is 11.8. The molecule has 19 heavy (non-hydrogen) atoms. The second-order valence-corrected chi connectivity index (χ2v) is 6.83. The lowest BCUT2D eigenvalue weighted by molar-refractivity contribution is 0.283. The number of rotatable bonds is 4. The van der Waals surface area contributed by atoms with E-state index in [1.165, 1.54) is 0 Å². The van der Waals surface area contributed by atoms with Crippen molar-refractivity contribution in [2.75, 3.05) is 19.6 Å². The summed E-state index contributed by atoms with van der Waals surface area (Å²) in [7, 11) is -3.47. The third-order valence-corrected chi connectivity index (χ3v) is 5.32. The molecule has 1 aliphatic heterocycles. The number of aryl methyl sites for hydroxylation is 2. The van der Waals surface area contributed by atoms with Crippen LogP contribution in [0, 0.1) is 6.92 Å². The molecular weight excluding hydrogens is 264 g/mol. The first-order chi connectivity index (χ1) is 8.96. The number of aromatic nitrogens is 2. The van der Waals surface area contributed by atoms with Crippen LogP contribution in [0.15, 0.2) is 11.2 Å². The molecule has 2 rings (SSSR count). The number of sulfonamides is 1. The molecule has 0 aliphatic carbocycles. The second kappa shape index (κ2) is 5.60. The predicted molar refractivity (Wildman–Crippen MR) is 73.5 cm³/mol. The molecule has 2 heterocycles. The minimum Gasteiger partial charge on any atom is -0.334 e. The van der Waals surface area contributed by atoms with E-state index in [0.717, 1.165) is 18.8 Å². The minimum absolute atomic E-state index is 0.0321. The van der Waals surface area contributed by atoms with Gasteiger partial charge in [-0.3, -0.25) is 0 Å². The Morgan fingerprint density at radius 3 is 2.89 bits per heavy atom. The molecule has 1 saturated heterocycles. The third kappa shape index (κ3) is 2.82. The summed E-state index contributed by atoms with van der Waals surface area (Å²) in [6, 6.07) is -0.0321. The largest absolute Gasteiger partial charge is 0.334 e. The van der Waals surface area contributed by atoms with E-state index in [9.17, 15) is 8.42 Å². The summed E-state index contributed by atoms with van der Waals surface area (Å²) in [6.07, 6.45) is 2.61. The van der Waals surface area contributed by atoms with Crippen molar-refractivity contribution >= 4 is 10.0 Å². The molecule has 0 amide bonds. The summed E-state index contributed by atoms with van der Waals surface area (Å²) in [6.45, 7) is 8.50. The average Bonchev–Trinajstić information content (AvgIpc) is 2.73. The van der Waals surface area contributed by atoms with Crippen LogP contribution in [-0.4, -0.2) is 48.0 Å². The van der Waals surface area contributed by atoms with Crippen LogP contribution < -0.4 is 5.32 Å². The van der Waals surface area contributed by atoms with Crippen molar-refractivity contribution in [3.05, 3.63) is 12.0 Å². The second-order valence-electron chi connectivity index (χ2n) is 4.99. The Balaban J connectivity index is 2.30. The van der Waals surface area contributed by atoms with Gasteiger partial charge in [0.1, 0.15) is 5.82 Å². The van der Waals surface area contributed by atoms with Gasteiger partial charge in [0.2, 0.25) is 0 Å². The van der Waals surface area contributed by atoms with Crippen molar-refractivity contribution < 1.29 is 8.42 Å². The van der Waals surface area contributed by atoms with Gasteiger partial charge in [-0.25, -0.2) is 13.4 Å². The maximum absolute atomic E-state index is 12.6. The lowest BCUT2D eigenvalue weighted by Gasteiger charge is -2.32. The quantitative estimate of drug-likeness (QED) is 0.879. The molecule has 0 aromatic carbocycles. The predicted octanol–water partition coefficient (Wildman–Crippen LogP) is 0.584. The summed E-state index contributed by atoms with van der Waals surface area (Å²) in [5, 5.41) is 3.37. The molecule has 108 valence electrons. The van der Waals surface area contributed by atoms with E-state index in [4.69, 9.17) is 0 Å². The zero-order valence-corrected chi connectivity index (χ0v) is 12.6. The van der Waals surface area contributed by atoms with Crippen molar-refractivity contribution in [1.29, 1.82) is 0 Å². The van der Waals surface area contributed by atoms with Crippen molar-refractivity contribution in [1.82, 2.24) is 19.2 Å². The van der Waals surface area contributed by atoms with Gasteiger partial charge in [-0.05, 0) is 20.3 Å². The van der Waals surface area contributed by atoms with E-state index < -0.39 is 10.0 Å². The molecule has 0 bridgehead atoms. The van der Waals surface area contributed by atoms with Gasteiger partial charge < -0.3 is 9.88 Å². The molecule has 6 nitrogen and oxygen atoms in total. The summed E-state index contributed by atoms with van der Waals surface area (Å²) < 4.78 is 28.6. The molecule has 1 atom stereocenters. The highest BCUT2D eigenvalue weighted by molar-refractivity contribution is 7.89. The van der Waals surface area contributed by atoms with Gasteiger partial charge in [0.15, 0.2) is 5.03 Å². The first-order valence-corrected chi connectivity index (χ1v) is 8.17. The van der Waals surface area contributed by atoms with Crippen LogP contribution in [0.2, 0.25) is 0 Å². The Morgan fingerprint density at radius 2 is 2.26 bits per heavy atom. The third-order valence-electron chi connectivity index (χ3n) is 3.43. The van der Waals surface area contributed by atoms with Gasteiger partial charge in [-0.1, -0.05) is 6.92 Å². The van der Waals surface area contributed by atoms with Crippen LogP contribution in [0.1, 0.15) is 26.1 Å². The summed E-state index contributed by atoms with van der Waals surface area (Å²) in [5.41, 5.74) is 0. The van der Waals surface area contributed by atoms with Crippen LogP contribution in [0.25, 0.3) is 0 Å². The molecule has 1 aromatic rings. The van der Waals surface area contributed by atoms with E-state index in [1.807, 2.05) is 18.4 Å². The number of piperazine rings is 1. The van der Waals surface area contributed by atoms with Gasteiger partial charge in [-0.15, -0.1) is 0 Å². The molecule has 0 unspecified atom stereocenters. The Morgan fingerprint density at radius 1 is 1.53 bits per heavy atom. The molecule has 0 saturated carbocycles. The highest BCUT2D eigenvalue weighted by Gasteiger charge is 2.32. The Hall–Kier alpha value is -0.920. The smallest absolute Gasteiger partial charge is 0.262 e. The van der Waals surface area contributed by atoms with Crippen molar-refractivity contribution in [2.45, 2.75) is 44.8 Å². The zero-order chi connectivity index (χ0) is 14.0. The number of hydrogen-bond donors (Lipinski definition) is 1. The fourth-order valence-corrected chi connectivity index (χ4v) is 4.00. The molecule has 0 spiro atoms. The molecule has 7 heteroatoms. The van der Waals surface area contributed by atoms with Gasteiger partial charge >= 0.3 is 0 Å². The monoisotopic (exact) mass is 286 g/mol. The van der Waals surface area contributed by atoms with Crippen LogP contribution in [0.4, 0.5) is 0 Å². The van der Waals surface area contributed by atoms with Crippen LogP contribution in [0.5, 0.6) is 0 Å². The first kappa shape index (κ1) is 14.5. The SMILES string of the molecule is CCCn1cc(S(=O)(=O)N2CCNC[C@@H]2C)nc1C. The van der Waals surface area contributed by atoms with Gasteiger partial charge in [0.05, 0.1) is 0 Å². The van der Waals surface area contributed by atoms with E-state index in [0.29, 0.717) is 19.6 Å². The maximum Gasteiger partial charge on any atom is 0.262 e. The van der Waals surface area contributed by atoms with Crippen molar-refractivity contribution in [3.63, 3.8) is 0 Å². The lowest BCUT2D eigenvalue weighted by atomic mass is 10.3. The molecule has 1 aromatic heterocycles. The van der Waals surface area contributed by atoms with Crippen LogP contribution in [0.3, 0.4) is 0 Å².